The van der Waals surface area contributed by atoms with Crippen LogP contribution >= 0.6 is 0 Å². The van der Waals surface area contributed by atoms with Gasteiger partial charge >= 0.3 is 0 Å². The molecule has 6 nitrogen and oxygen atoms in total. The Morgan fingerprint density at radius 2 is 1.80 bits per heavy atom. The fourth-order valence-electron chi connectivity index (χ4n) is 2.88. The molecule has 0 fully saturated rings. The number of para-hydroxylation sites is 2. The summed E-state index contributed by atoms with van der Waals surface area (Å²) in [5, 5.41) is 2.86. The first-order chi connectivity index (χ1) is 12.1. The van der Waals surface area contributed by atoms with Gasteiger partial charge in [-0.15, -0.1) is 0 Å². The lowest BCUT2D eigenvalue weighted by atomic mass is 10.3. The summed E-state index contributed by atoms with van der Waals surface area (Å²) in [4.78, 5) is 30.9. The van der Waals surface area contributed by atoms with Gasteiger partial charge in [0.25, 0.3) is 0 Å². The number of carbonyl (C=O) groups is 2. The predicted molar refractivity (Wildman–Crippen MR) is 99.0 cm³/mol. The van der Waals surface area contributed by atoms with Gasteiger partial charge in [-0.1, -0.05) is 32.9 Å². The van der Waals surface area contributed by atoms with Crippen molar-refractivity contribution < 1.29 is 9.59 Å². The highest BCUT2D eigenvalue weighted by Gasteiger charge is 2.17. The Morgan fingerprint density at radius 1 is 1.12 bits per heavy atom. The molecule has 2 aromatic rings. The topological polar surface area (TPSA) is 67.2 Å². The second-order valence-corrected chi connectivity index (χ2v) is 6.11. The molecule has 0 radical (unpaired) electrons. The van der Waals surface area contributed by atoms with Crippen LogP contribution in [-0.2, 0) is 22.7 Å². The fraction of sp³-hybridized carbons (Fsp3) is 0.526. The Hall–Kier alpha value is -2.37. The molecule has 1 aromatic heterocycles. The van der Waals surface area contributed by atoms with Crippen LogP contribution in [0.1, 0.15) is 45.9 Å². The minimum absolute atomic E-state index is 0.0245. The molecule has 0 spiro atoms. The van der Waals surface area contributed by atoms with Crippen LogP contribution in [0.3, 0.4) is 0 Å². The van der Waals surface area contributed by atoms with Gasteiger partial charge in [0.1, 0.15) is 12.4 Å². The van der Waals surface area contributed by atoms with Gasteiger partial charge in [0.2, 0.25) is 11.8 Å². The summed E-state index contributed by atoms with van der Waals surface area (Å²) in [6.07, 6.45) is 2.31. The highest BCUT2D eigenvalue weighted by atomic mass is 16.2. The summed E-state index contributed by atoms with van der Waals surface area (Å²) in [7, 11) is 0. The average Bonchev–Trinajstić information content (AvgIpc) is 2.97. The Labute approximate surface area is 149 Å². The first-order valence-electron chi connectivity index (χ1n) is 9.09. The normalized spacial score (nSPS) is 10.8. The Bertz CT molecular complexity index is 717. The van der Waals surface area contributed by atoms with Crippen LogP contribution in [0.4, 0.5) is 0 Å². The van der Waals surface area contributed by atoms with Crippen LogP contribution in [0, 0.1) is 0 Å². The second-order valence-electron chi connectivity index (χ2n) is 6.11. The fourth-order valence-corrected chi connectivity index (χ4v) is 2.88. The van der Waals surface area contributed by atoms with Gasteiger partial charge in [-0.25, -0.2) is 4.98 Å². The average molecular weight is 344 g/mol. The summed E-state index contributed by atoms with van der Waals surface area (Å²) in [5.74, 6) is 0.780. The second kappa shape index (κ2) is 9.20. The van der Waals surface area contributed by atoms with Crippen LogP contribution in [0.15, 0.2) is 24.3 Å². The lowest BCUT2D eigenvalue weighted by molar-refractivity contribution is -0.131. The molecule has 0 atom stereocenters. The Balaban J connectivity index is 2.27. The van der Waals surface area contributed by atoms with E-state index in [9.17, 15) is 9.59 Å². The van der Waals surface area contributed by atoms with Gasteiger partial charge in [0, 0.05) is 19.5 Å². The van der Waals surface area contributed by atoms with E-state index in [1.807, 2.05) is 40.7 Å². The summed E-state index contributed by atoms with van der Waals surface area (Å²) in [6.45, 7) is 8.08. The molecule has 2 rings (SSSR count). The summed E-state index contributed by atoms with van der Waals surface area (Å²) < 4.78 is 1.92. The number of nitrogens with one attached hydrogen (secondary N) is 1. The van der Waals surface area contributed by atoms with Crippen LogP contribution in [-0.4, -0.2) is 39.4 Å². The van der Waals surface area contributed by atoms with Crippen molar-refractivity contribution in [3.8, 4) is 0 Å². The van der Waals surface area contributed by atoms with E-state index in [0.717, 1.165) is 37.0 Å². The van der Waals surface area contributed by atoms with Crippen molar-refractivity contribution in [2.45, 2.75) is 53.1 Å². The molecule has 0 unspecified atom stereocenters. The summed E-state index contributed by atoms with van der Waals surface area (Å²) in [5.41, 5.74) is 1.76. The minimum Gasteiger partial charge on any atom is -0.349 e. The third-order valence-corrected chi connectivity index (χ3v) is 4.13. The number of amides is 2. The molecule has 2 amide bonds. The van der Waals surface area contributed by atoms with Crippen LogP contribution < -0.4 is 5.32 Å². The zero-order valence-corrected chi connectivity index (χ0v) is 15.4. The lowest BCUT2D eigenvalue weighted by Gasteiger charge is -2.22. The molecule has 0 aliphatic rings. The lowest BCUT2D eigenvalue weighted by Crippen LogP contribution is -2.35. The molecule has 0 bridgehead atoms. The molecule has 0 aliphatic heterocycles. The number of aromatic nitrogens is 2. The standard InChI is InChI=1S/C19H28N4O2/c1-4-11-22(12-5-2)19(25)14-23-16-10-8-7-9-15(16)21-17(23)13-20-18(24)6-3/h7-10H,4-6,11-14H2,1-3H3,(H,20,24). The Kier molecular flexibility index (Phi) is 6.98. The van der Waals surface area contributed by atoms with E-state index < -0.39 is 0 Å². The molecule has 136 valence electrons. The molecule has 0 saturated heterocycles. The largest absolute Gasteiger partial charge is 0.349 e. The number of nitrogens with zero attached hydrogens (tertiary/aromatic N) is 3. The van der Waals surface area contributed by atoms with E-state index in [2.05, 4.69) is 24.1 Å². The quantitative estimate of drug-likeness (QED) is 0.760. The molecular formula is C19H28N4O2. The van der Waals surface area contributed by atoms with Crippen LogP contribution in [0.25, 0.3) is 11.0 Å². The predicted octanol–water partition coefficient (Wildman–Crippen LogP) is 2.71. The van der Waals surface area contributed by atoms with Gasteiger partial charge in [0.15, 0.2) is 0 Å². The molecule has 1 aromatic carbocycles. The van der Waals surface area contributed by atoms with Crippen molar-refractivity contribution in [1.29, 1.82) is 0 Å². The van der Waals surface area contributed by atoms with Gasteiger partial charge in [-0.3, -0.25) is 9.59 Å². The number of imidazole rings is 1. The van der Waals surface area contributed by atoms with Crippen molar-refractivity contribution in [3.63, 3.8) is 0 Å². The molecule has 25 heavy (non-hydrogen) atoms. The third kappa shape index (κ3) is 4.81. The number of benzene rings is 1. The number of fused-ring (bicyclic) bond motifs is 1. The first kappa shape index (κ1) is 19.0. The highest BCUT2D eigenvalue weighted by Crippen LogP contribution is 2.16. The van der Waals surface area contributed by atoms with Crippen LogP contribution in [0.2, 0.25) is 0 Å². The molecule has 0 saturated carbocycles. The maximum absolute atomic E-state index is 12.8. The van der Waals surface area contributed by atoms with Gasteiger partial charge in [-0.2, -0.15) is 0 Å². The smallest absolute Gasteiger partial charge is 0.242 e. The van der Waals surface area contributed by atoms with E-state index in [4.69, 9.17) is 0 Å². The van der Waals surface area contributed by atoms with Gasteiger partial charge in [-0.05, 0) is 25.0 Å². The molecule has 1 heterocycles. The molecule has 0 aliphatic carbocycles. The SMILES string of the molecule is CCCN(CCC)C(=O)Cn1c(CNC(=O)CC)nc2ccccc21. The monoisotopic (exact) mass is 344 g/mol. The minimum atomic E-state index is -0.0245. The number of rotatable bonds is 9. The van der Waals surface area contributed by atoms with E-state index in [1.165, 1.54) is 0 Å². The van der Waals surface area contributed by atoms with Crippen molar-refractivity contribution in [1.82, 2.24) is 19.8 Å². The highest BCUT2D eigenvalue weighted by molar-refractivity contribution is 5.81. The van der Waals surface area contributed by atoms with E-state index in [-0.39, 0.29) is 18.4 Å². The van der Waals surface area contributed by atoms with Crippen molar-refractivity contribution in [2.24, 2.45) is 0 Å². The molecule has 6 heteroatoms. The van der Waals surface area contributed by atoms with E-state index >= 15 is 0 Å². The number of hydrogen-bond donors (Lipinski definition) is 1. The van der Waals surface area contributed by atoms with Gasteiger partial charge in [0.05, 0.1) is 17.6 Å². The zero-order valence-electron chi connectivity index (χ0n) is 15.4. The number of hydrogen-bond acceptors (Lipinski definition) is 3. The third-order valence-electron chi connectivity index (χ3n) is 4.13. The van der Waals surface area contributed by atoms with Crippen molar-refractivity contribution >= 4 is 22.8 Å². The number of carbonyl (C=O) groups excluding carboxylic acids is 2. The maximum Gasteiger partial charge on any atom is 0.242 e. The first-order valence-corrected chi connectivity index (χ1v) is 9.09. The molecule has 1 N–H and O–H groups in total. The zero-order chi connectivity index (χ0) is 18.2. The van der Waals surface area contributed by atoms with E-state index in [1.54, 1.807) is 0 Å². The van der Waals surface area contributed by atoms with Crippen LogP contribution in [0.5, 0.6) is 0 Å². The van der Waals surface area contributed by atoms with Crippen molar-refractivity contribution in [3.05, 3.63) is 30.1 Å². The summed E-state index contributed by atoms with van der Waals surface area (Å²) in [6, 6.07) is 7.76. The Morgan fingerprint density at radius 3 is 2.44 bits per heavy atom. The maximum atomic E-state index is 12.8. The molecular weight excluding hydrogens is 316 g/mol. The van der Waals surface area contributed by atoms with Crippen molar-refractivity contribution in [2.75, 3.05) is 13.1 Å². The summed E-state index contributed by atoms with van der Waals surface area (Å²) >= 11 is 0. The van der Waals surface area contributed by atoms with Gasteiger partial charge < -0.3 is 14.8 Å². The van der Waals surface area contributed by atoms with E-state index in [0.29, 0.717) is 18.8 Å².